The zero-order valence-electron chi connectivity index (χ0n) is 15.3. The van der Waals surface area contributed by atoms with E-state index in [0.717, 1.165) is 22.4 Å². The lowest BCUT2D eigenvalue weighted by atomic mass is 10.1. The van der Waals surface area contributed by atoms with Crippen LogP contribution in [-0.4, -0.2) is 33.9 Å². The third-order valence-corrected chi connectivity index (χ3v) is 4.10. The summed E-state index contributed by atoms with van der Waals surface area (Å²) in [4.78, 5) is 16.0. The lowest BCUT2D eigenvalue weighted by Crippen LogP contribution is -2.37. The molecule has 0 saturated heterocycles. The first-order valence-corrected chi connectivity index (χ1v) is 8.81. The summed E-state index contributed by atoms with van der Waals surface area (Å²) in [5, 5.41) is 9.80. The Bertz CT molecular complexity index is 864. The number of hydrogen-bond donors (Lipinski definition) is 2. The number of carbonyl (C=O) groups is 1. The van der Waals surface area contributed by atoms with E-state index in [4.69, 9.17) is 4.74 Å². The molecule has 2 aromatic carbocycles. The van der Waals surface area contributed by atoms with Gasteiger partial charge in [0.15, 0.2) is 0 Å². The molecule has 2 amide bonds. The van der Waals surface area contributed by atoms with E-state index < -0.39 is 0 Å². The van der Waals surface area contributed by atoms with E-state index in [2.05, 4.69) is 20.7 Å². The molecule has 0 fully saturated rings. The Labute approximate surface area is 158 Å². The Kier molecular flexibility index (Phi) is 6.40. The normalized spacial score (nSPS) is 10.4. The summed E-state index contributed by atoms with van der Waals surface area (Å²) < 4.78 is 7.42. The maximum atomic E-state index is 12.0. The predicted molar refractivity (Wildman–Crippen MR) is 102 cm³/mol. The Morgan fingerprint density at radius 2 is 1.85 bits per heavy atom. The minimum atomic E-state index is -0.223. The summed E-state index contributed by atoms with van der Waals surface area (Å²) in [6.45, 7) is 3.90. The van der Waals surface area contributed by atoms with E-state index in [9.17, 15) is 4.79 Å². The van der Waals surface area contributed by atoms with Crippen molar-refractivity contribution >= 4 is 6.03 Å². The van der Waals surface area contributed by atoms with Gasteiger partial charge < -0.3 is 15.4 Å². The first kappa shape index (κ1) is 18.4. The van der Waals surface area contributed by atoms with Crippen LogP contribution in [0.1, 0.15) is 16.7 Å². The van der Waals surface area contributed by atoms with Crippen LogP contribution in [-0.2, 0) is 13.1 Å². The molecule has 3 aromatic rings. The number of ether oxygens (including phenoxy) is 1. The highest BCUT2D eigenvalue weighted by atomic mass is 16.5. The lowest BCUT2D eigenvalue weighted by molar-refractivity contribution is 0.236. The predicted octanol–water partition coefficient (Wildman–Crippen LogP) is 2.51. The first-order chi connectivity index (χ1) is 13.2. The highest BCUT2D eigenvalue weighted by Crippen LogP contribution is 2.15. The number of carbonyl (C=O) groups excluding carboxylic acids is 1. The standard InChI is InChI=1S/C20H23N5O2/c1-16-6-2-5-9-19(16)27-11-10-22-20(26)23-12-17-7-3-4-8-18(17)13-25-15-21-14-24-25/h2-9,14-15H,10-13H2,1H3,(H2,22,23,26). The fraction of sp³-hybridized carbons (Fsp3) is 0.250. The van der Waals surface area contributed by atoms with Crippen LogP contribution in [0.3, 0.4) is 0 Å². The molecular formula is C20H23N5O2. The van der Waals surface area contributed by atoms with Gasteiger partial charge in [0.1, 0.15) is 25.0 Å². The van der Waals surface area contributed by atoms with Crippen molar-refractivity contribution in [3.8, 4) is 5.75 Å². The van der Waals surface area contributed by atoms with E-state index >= 15 is 0 Å². The van der Waals surface area contributed by atoms with Gasteiger partial charge in [0.05, 0.1) is 13.1 Å². The quantitative estimate of drug-likeness (QED) is 0.601. The Hall–Kier alpha value is -3.35. The largest absolute Gasteiger partial charge is 0.491 e. The molecular weight excluding hydrogens is 342 g/mol. The summed E-state index contributed by atoms with van der Waals surface area (Å²) >= 11 is 0. The second-order valence-electron chi connectivity index (χ2n) is 6.09. The van der Waals surface area contributed by atoms with Crippen molar-refractivity contribution in [1.29, 1.82) is 0 Å². The fourth-order valence-electron chi connectivity index (χ4n) is 2.66. The molecule has 0 aliphatic carbocycles. The van der Waals surface area contributed by atoms with Crippen LogP contribution in [0.5, 0.6) is 5.75 Å². The first-order valence-electron chi connectivity index (χ1n) is 8.81. The molecule has 0 atom stereocenters. The number of rotatable bonds is 8. The van der Waals surface area contributed by atoms with Gasteiger partial charge in [0.2, 0.25) is 0 Å². The molecule has 140 valence electrons. The Morgan fingerprint density at radius 1 is 1.07 bits per heavy atom. The van der Waals surface area contributed by atoms with Crippen LogP contribution in [0.25, 0.3) is 0 Å². The van der Waals surface area contributed by atoms with E-state index in [1.807, 2.05) is 55.5 Å². The number of aryl methyl sites for hydroxylation is 1. The summed E-state index contributed by atoms with van der Waals surface area (Å²) in [5.74, 6) is 0.835. The third-order valence-electron chi connectivity index (χ3n) is 4.10. The highest BCUT2D eigenvalue weighted by molar-refractivity contribution is 5.73. The van der Waals surface area contributed by atoms with Crippen LogP contribution >= 0.6 is 0 Å². The van der Waals surface area contributed by atoms with Crippen LogP contribution in [0.15, 0.2) is 61.2 Å². The Balaban J connectivity index is 1.42. The van der Waals surface area contributed by atoms with Gasteiger partial charge in [0.25, 0.3) is 0 Å². The lowest BCUT2D eigenvalue weighted by Gasteiger charge is -2.12. The van der Waals surface area contributed by atoms with Gasteiger partial charge in [-0.15, -0.1) is 0 Å². The summed E-state index contributed by atoms with van der Waals surface area (Å²) in [6, 6.07) is 15.5. The Morgan fingerprint density at radius 3 is 2.63 bits per heavy atom. The molecule has 0 saturated carbocycles. The van der Waals surface area contributed by atoms with E-state index in [-0.39, 0.29) is 6.03 Å². The molecule has 0 aliphatic rings. The molecule has 7 nitrogen and oxygen atoms in total. The van der Waals surface area contributed by atoms with Gasteiger partial charge in [-0.25, -0.2) is 14.5 Å². The number of amides is 2. The van der Waals surface area contributed by atoms with E-state index in [1.165, 1.54) is 6.33 Å². The van der Waals surface area contributed by atoms with Gasteiger partial charge in [-0.1, -0.05) is 42.5 Å². The van der Waals surface area contributed by atoms with Crippen molar-refractivity contribution in [3.63, 3.8) is 0 Å². The number of nitrogens with one attached hydrogen (secondary N) is 2. The zero-order valence-corrected chi connectivity index (χ0v) is 15.3. The molecule has 2 N–H and O–H groups in total. The summed E-state index contributed by atoms with van der Waals surface area (Å²) in [6.07, 6.45) is 3.18. The number of hydrogen-bond acceptors (Lipinski definition) is 4. The summed E-state index contributed by atoms with van der Waals surface area (Å²) in [5.41, 5.74) is 3.21. The van der Waals surface area contributed by atoms with Crippen LogP contribution in [0, 0.1) is 6.92 Å². The van der Waals surface area contributed by atoms with Gasteiger partial charge in [-0.05, 0) is 29.7 Å². The third kappa shape index (κ3) is 5.57. The number of aromatic nitrogens is 3. The number of para-hydroxylation sites is 1. The van der Waals surface area contributed by atoms with Crippen LogP contribution in [0.4, 0.5) is 4.79 Å². The molecule has 1 aromatic heterocycles. The van der Waals surface area contributed by atoms with Gasteiger partial charge in [0, 0.05) is 6.54 Å². The zero-order chi connectivity index (χ0) is 18.9. The maximum Gasteiger partial charge on any atom is 0.315 e. The average Bonchev–Trinajstić information content (AvgIpc) is 3.19. The molecule has 7 heteroatoms. The molecule has 3 rings (SSSR count). The molecule has 0 unspecified atom stereocenters. The SMILES string of the molecule is Cc1ccccc1OCCNC(=O)NCc1ccccc1Cn1cncn1. The monoisotopic (exact) mass is 365 g/mol. The number of nitrogens with zero attached hydrogens (tertiary/aromatic N) is 3. The van der Waals surface area contributed by atoms with Gasteiger partial charge in [-0.2, -0.15) is 5.10 Å². The topological polar surface area (TPSA) is 81.1 Å². The molecule has 0 aliphatic heterocycles. The van der Waals surface area contributed by atoms with Crippen LogP contribution in [0.2, 0.25) is 0 Å². The minimum absolute atomic E-state index is 0.223. The minimum Gasteiger partial charge on any atom is -0.491 e. The smallest absolute Gasteiger partial charge is 0.315 e. The van der Waals surface area contributed by atoms with Crippen molar-refractivity contribution in [2.75, 3.05) is 13.2 Å². The molecule has 0 spiro atoms. The molecule has 0 bridgehead atoms. The van der Waals surface area contributed by atoms with Gasteiger partial charge in [-0.3, -0.25) is 0 Å². The second kappa shape index (κ2) is 9.38. The van der Waals surface area contributed by atoms with E-state index in [0.29, 0.717) is 26.2 Å². The van der Waals surface area contributed by atoms with Crippen molar-refractivity contribution in [2.24, 2.45) is 0 Å². The average molecular weight is 365 g/mol. The maximum absolute atomic E-state index is 12.0. The summed E-state index contributed by atoms with van der Waals surface area (Å²) in [7, 11) is 0. The van der Waals surface area contributed by atoms with Gasteiger partial charge >= 0.3 is 6.03 Å². The molecule has 0 radical (unpaired) electrons. The van der Waals surface area contributed by atoms with Crippen molar-refractivity contribution < 1.29 is 9.53 Å². The fourth-order valence-corrected chi connectivity index (χ4v) is 2.66. The molecule has 1 heterocycles. The number of urea groups is 1. The number of benzene rings is 2. The van der Waals surface area contributed by atoms with Crippen molar-refractivity contribution in [1.82, 2.24) is 25.4 Å². The molecule has 27 heavy (non-hydrogen) atoms. The second-order valence-corrected chi connectivity index (χ2v) is 6.09. The van der Waals surface area contributed by atoms with E-state index in [1.54, 1.807) is 11.0 Å². The highest BCUT2D eigenvalue weighted by Gasteiger charge is 2.06. The van der Waals surface area contributed by atoms with Crippen molar-refractivity contribution in [2.45, 2.75) is 20.0 Å². The van der Waals surface area contributed by atoms with Crippen molar-refractivity contribution in [3.05, 3.63) is 77.9 Å². The van der Waals surface area contributed by atoms with Crippen LogP contribution < -0.4 is 15.4 Å².